The van der Waals surface area contributed by atoms with Crippen LogP contribution in [0.2, 0.25) is 0 Å². The highest BCUT2D eigenvalue weighted by Gasteiger charge is 2.41. The number of nitrogens with zero attached hydrogens (tertiary/aromatic N) is 3. The highest BCUT2D eigenvalue weighted by atomic mass is 19.4. The van der Waals surface area contributed by atoms with E-state index in [9.17, 15) is 18.0 Å². The maximum absolute atomic E-state index is 12.8. The van der Waals surface area contributed by atoms with Crippen LogP contribution in [-0.4, -0.2) is 79.3 Å². The number of aliphatic imine (C=N–C) groups is 1. The molecule has 1 N–H and O–H groups in total. The number of carbonyl (C=O) groups is 1. The Morgan fingerprint density at radius 1 is 1.21 bits per heavy atom. The van der Waals surface area contributed by atoms with Gasteiger partial charge < -0.3 is 15.0 Å². The van der Waals surface area contributed by atoms with Gasteiger partial charge in [0.05, 0.1) is 0 Å². The van der Waals surface area contributed by atoms with Gasteiger partial charge in [0.2, 0.25) is 0 Å². The van der Waals surface area contributed by atoms with Crippen LogP contribution in [0.1, 0.15) is 27.7 Å². The van der Waals surface area contributed by atoms with Crippen LogP contribution in [-0.2, 0) is 9.53 Å². The molecule has 0 bridgehead atoms. The van der Waals surface area contributed by atoms with E-state index in [4.69, 9.17) is 4.74 Å². The van der Waals surface area contributed by atoms with Crippen LogP contribution >= 0.6 is 0 Å². The Labute approximate surface area is 141 Å². The molecule has 1 aliphatic heterocycles. The zero-order chi connectivity index (χ0) is 18.5. The molecule has 1 aliphatic rings. The quantitative estimate of drug-likeness (QED) is 0.474. The molecule has 0 aromatic heterocycles. The third-order valence-electron chi connectivity index (χ3n) is 3.66. The van der Waals surface area contributed by atoms with E-state index in [0.717, 1.165) is 0 Å². The van der Waals surface area contributed by atoms with Crippen molar-refractivity contribution < 1.29 is 22.7 Å². The van der Waals surface area contributed by atoms with Crippen molar-refractivity contribution >= 4 is 11.9 Å². The SMILES string of the molecule is CN=C(NCC(=O)OC(C)(C)C)N1CCN(C(C)C(F)(F)F)CC1. The standard InChI is InChI=1S/C15H27F3N4O2/c1-11(15(16,17)18)21-6-8-22(9-7-21)13(19-5)20-10-12(23)24-14(2,3)4/h11H,6-10H2,1-5H3,(H,19,20). The number of hydrogen-bond acceptors (Lipinski definition) is 4. The number of rotatable bonds is 3. The fraction of sp³-hybridized carbons (Fsp3) is 0.867. The van der Waals surface area contributed by atoms with E-state index in [1.165, 1.54) is 11.8 Å². The lowest BCUT2D eigenvalue weighted by molar-refractivity contribution is -0.181. The molecular formula is C15H27F3N4O2. The van der Waals surface area contributed by atoms with Crippen LogP contribution in [0.4, 0.5) is 13.2 Å². The summed E-state index contributed by atoms with van der Waals surface area (Å²) >= 11 is 0. The van der Waals surface area contributed by atoms with E-state index >= 15 is 0 Å². The third kappa shape index (κ3) is 6.54. The molecule has 9 heteroatoms. The molecule has 0 radical (unpaired) electrons. The molecule has 1 heterocycles. The molecule has 1 fully saturated rings. The lowest BCUT2D eigenvalue weighted by atomic mass is 10.2. The van der Waals surface area contributed by atoms with E-state index in [2.05, 4.69) is 10.3 Å². The monoisotopic (exact) mass is 352 g/mol. The Morgan fingerprint density at radius 3 is 2.17 bits per heavy atom. The van der Waals surface area contributed by atoms with Gasteiger partial charge in [-0.25, -0.2) is 0 Å². The van der Waals surface area contributed by atoms with Gasteiger partial charge in [-0.05, 0) is 27.7 Å². The normalized spacial score (nSPS) is 19.2. The minimum Gasteiger partial charge on any atom is -0.459 e. The Kier molecular flexibility index (Phi) is 6.88. The van der Waals surface area contributed by atoms with Crippen molar-refractivity contribution in [2.75, 3.05) is 39.8 Å². The van der Waals surface area contributed by atoms with Crippen LogP contribution in [0.3, 0.4) is 0 Å². The van der Waals surface area contributed by atoms with Gasteiger partial charge >= 0.3 is 12.1 Å². The van der Waals surface area contributed by atoms with Gasteiger partial charge in [0.25, 0.3) is 0 Å². The number of nitrogens with one attached hydrogen (secondary N) is 1. The Hall–Kier alpha value is -1.51. The van der Waals surface area contributed by atoms with Crippen molar-refractivity contribution in [1.82, 2.24) is 15.1 Å². The highest BCUT2D eigenvalue weighted by Crippen LogP contribution is 2.25. The zero-order valence-corrected chi connectivity index (χ0v) is 14.9. The number of piperazine rings is 1. The lowest BCUT2D eigenvalue weighted by Crippen LogP contribution is -2.57. The molecule has 140 valence electrons. The molecule has 0 aliphatic carbocycles. The Morgan fingerprint density at radius 2 is 1.75 bits per heavy atom. The first kappa shape index (κ1) is 20.5. The Balaban J connectivity index is 2.48. The molecule has 0 saturated carbocycles. The van der Waals surface area contributed by atoms with Crippen molar-refractivity contribution in [3.05, 3.63) is 0 Å². The summed E-state index contributed by atoms with van der Waals surface area (Å²) in [5, 5.41) is 2.90. The molecule has 0 spiro atoms. The van der Waals surface area contributed by atoms with Crippen molar-refractivity contribution in [3.8, 4) is 0 Å². The average molecular weight is 352 g/mol. The minimum absolute atomic E-state index is 0.0386. The topological polar surface area (TPSA) is 57.2 Å². The van der Waals surface area contributed by atoms with E-state index in [0.29, 0.717) is 19.0 Å². The molecule has 1 atom stereocenters. The van der Waals surface area contributed by atoms with Crippen LogP contribution in [0.15, 0.2) is 4.99 Å². The molecule has 1 saturated heterocycles. The van der Waals surface area contributed by atoms with E-state index in [-0.39, 0.29) is 19.6 Å². The first-order valence-electron chi connectivity index (χ1n) is 7.92. The average Bonchev–Trinajstić information content (AvgIpc) is 2.45. The number of guanidine groups is 1. The van der Waals surface area contributed by atoms with Crippen molar-refractivity contribution in [2.24, 2.45) is 4.99 Å². The second kappa shape index (κ2) is 8.04. The van der Waals surface area contributed by atoms with Crippen molar-refractivity contribution in [1.29, 1.82) is 0 Å². The van der Waals surface area contributed by atoms with Crippen LogP contribution in [0.25, 0.3) is 0 Å². The summed E-state index contributed by atoms with van der Waals surface area (Å²) < 4.78 is 43.5. The smallest absolute Gasteiger partial charge is 0.403 e. The third-order valence-corrected chi connectivity index (χ3v) is 3.66. The maximum Gasteiger partial charge on any atom is 0.403 e. The van der Waals surface area contributed by atoms with Crippen molar-refractivity contribution in [2.45, 2.75) is 45.5 Å². The van der Waals surface area contributed by atoms with E-state index in [1.54, 1.807) is 27.8 Å². The van der Waals surface area contributed by atoms with Gasteiger partial charge in [0, 0.05) is 33.2 Å². The van der Waals surface area contributed by atoms with Gasteiger partial charge in [-0.2, -0.15) is 13.2 Å². The number of hydrogen-bond donors (Lipinski definition) is 1. The second-order valence-electron chi connectivity index (χ2n) is 6.73. The fourth-order valence-corrected chi connectivity index (χ4v) is 2.39. The highest BCUT2D eigenvalue weighted by molar-refractivity contribution is 5.84. The van der Waals surface area contributed by atoms with Crippen molar-refractivity contribution in [3.63, 3.8) is 0 Å². The van der Waals surface area contributed by atoms with Crippen LogP contribution in [0, 0.1) is 0 Å². The first-order chi connectivity index (χ1) is 10.9. The maximum atomic E-state index is 12.8. The van der Waals surface area contributed by atoms with Gasteiger partial charge in [-0.15, -0.1) is 0 Å². The summed E-state index contributed by atoms with van der Waals surface area (Å²) in [6.45, 7) is 7.86. The molecule has 0 aromatic rings. The minimum atomic E-state index is -4.22. The van der Waals surface area contributed by atoms with Gasteiger partial charge in [-0.1, -0.05) is 0 Å². The van der Waals surface area contributed by atoms with Gasteiger partial charge in [0.1, 0.15) is 18.2 Å². The summed E-state index contributed by atoms with van der Waals surface area (Å²) in [7, 11) is 1.57. The Bertz CT molecular complexity index is 453. The van der Waals surface area contributed by atoms with E-state index < -0.39 is 23.8 Å². The number of alkyl halides is 3. The van der Waals surface area contributed by atoms with Gasteiger partial charge in [0.15, 0.2) is 5.96 Å². The summed E-state index contributed by atoms with van der Waals surface area (Å²) in [5.41, 5.74) is -0.568. The lowest BCUT2D eigenvalue weighted by Gasteiger charge is -2.39. The number of ether oxygens (including phenoxy) is 1. The summed E-state index contributed by atoms with van der Waals surface area (Å²) in [6, 6.07) is -1.46. The van der Waals surface area contributed by atoms with Crippen LogP contribution < -0.4 is 5.32 Å². The molecule has 6 nitrogen and oxygen atoms in total. The predicted octanol–water partition coefficient (Wildman–Crippen LogP) is 1.47. The molecule has 1 unspecified atom stereocenters. The summed E-state index contributed by atoms with van der Waals surface area (Å²) in [5.74, 6) is 0.0770. The molecule has 0 amide bonds. The zero-order valence-electron chi connectivity index (χ0n) is 14.9. The molecule has 0 aromatic carbocycles. The molecule has 1 rings (SSSR count). The predicted molar refractivity (Wildman–Crippen MR) is 85.9 cm³/mol. The fourth-order valence-electron chi connectivity index (χ4n) is 2.39. The van der Waals surface area contributed by atoms with Crippen LogP contribution in [0.5, 0.6) is 0 Å². The summed E-state index contributed by atoms with van der Waals surface area (Å²) in [4.78, 5) is 19.0. The van der Waals surface area contributed by atoms with Gasteiger partial charge in [-0.3, -0.25) is 14.7 Å². The summed E-state index contributed by atoms with van der Waals surface area (Å²) in [6.07, 6.45) is -4.22. The first-order valence-corrected chi connectivity index (χ1v) is 7.92. The van der Waals surface area contributed by atoms with E-state index in [1.807, 2.05) is 4.90 Å². The number of esters is 1. The number of carbonyl (C=O) groups excluding carboxylic acids is 1. The molecule has 24 heavy (non-hydrogen) atoms. The molecular weight excluding hydrogens is 325 g/mol. The number of halogens is 3. The second-order valence-corrected chi connectivity index (χ2v) is 6.73. The largest absolute Gasteiger partial charge is 0.459 e.